The zero-order chi connectivity index (χ0) is 13.5. The van der Waals surface area contributed by atoms with Gasteiger partial charge in [0.1, 0.15) is 0 Å². The second-order valence-electron chi connectivity index (χ2n) is 3.95. The van der Waals surface area contributed by atoms with Crippen LogP contribution in [0.1, 0.15) is 32.1 Å². The molecule has 3 N–H and O–H groups in total. The molecule has 0 saturated heterocycles. The standard InChI is InChI=1S/C8H14N2.C2HF3O2/c9-6-5-7-1-3-8(10)4-2-7;3-2(4,5)1(6)7/h7-8H,1-5,10H2;(H,6,7)/t7-,8-;. The van der Waals surface area contributed by atoms with E-state index in [-0.39, 0.29) is 0 Å². The first kappa shape index (κ1) is 15.7. The predicted molar refractivity (Wildman–Crippen MR) is 53.9 cm³/mol. The van der Waals surface area contributed by atoms with E-state index in [9.17, 15) is 13.2 Å². The molecule has 0 radical (unpaired) electrons. The van der Waals surface area contributed by atoms with E-state index in [1.54, 1.807) is 0 Å². The smallest absolute Gasteiger partial charge is 0.475 e. The Balaban J connectivity index is 0.000000325. The van der Waals surface area contributed by atoms with E-state index in [2.05, 4.69) is 6.07 Å². The normalized spacial score (nSPS) is 24.2. The van der Waals surface area contributed by atoms with Crippen molar-refractivity contribution in [2.75, 3.05) is 0 Å². The lowest BCUT2D eigenvalue weighted by Crippen LogP contribution is -2.26. The van der Waals surface area contributed by atoms with Crippen LogP contribution in [0, 0.1) is 17.2 Å². The minimum Gasteiger partial charge on any atom is -0.475 e. The molecule has 0 aromatic rings. The minimum absolute atomic E-state index is 0.412. The number of carbonyl (C=O) groups is 1. The Kier molecular flexibility index (Phi) is 6.58. The van der Waals surface area contributed by atoms with Crippen LogP contribution in [0.25, 0.3) is 0 Å². The van der Waals surface area contributed by atoms with E-state index >= 15 is 0 Å². The Labute approximate surface area is 97.2 Å². The van der Waals surface area contributed by atoms with Crippen molar-refractivity contribution in [1.82, 2.24) is 0 Å². The van der Waals surface area contributed by atoms with Gasteiger partial charge < -0.3 is 10.8 Å². The number of nitriles is 1. The maximum atomic E-state index is 10.6. The van der Waals surface area contributed by atoms with E-state index in [0.717, 1.165) is 32.1 Å². The number of hydrogen-bond donors (Lipinski definition) is 2. The molecule has 1 fully saturated rings. The molecule has 7 heteroatoms. The average Bonchev–Trinajstić information content (AvgIpc) is 2.21. The second-order valence-corrected chi connectivity index (χ2v) is 3.95. The van der Waals surface area contributed by atoms with Gasteiger partial charge in [-0.05, 0) is 31.6 Å². The van der Waals surface area contributed by atoms with Crippen molar-refractivity contribution >= 4 is 5.97 Å². The molecular weight excluding hydrogens is 237 g/mol. The van der Waals surface area contributed by atoms with Crippen molar-refractivity contribution < 1.29 is 23.1 Å². The maximum absolute atomic E-state index is 10.6. The van der Waals surface area contributed by atoms with Crippen molar-refractivity contribution in [2.45, 2.75) is 44.3 Å². The number of alkyl halides is 3. The molecule has 1 rings (SSSR count). The molecule has 1 aliphatic rings. The van der Waals surface area contributed by atoms with Gasteiger partial charge in [0.15, 0.2) is 0 Å². The Morgan fingerprint density at radius 1 is 1.35 bits per heavy atom. The third-order valence-electron chi connectivity index (χ3n) is 2.51. The van der Waals surface area contributed by atoms with Crippen LogP contribution in [0.4, 0.5) is 13.2 Å². The third kappa shape index (κ3) is 7.58. The Morgan fingerprint density at radius 3 is 2.06 bits per heavy atom. The lowest BCUT2D eigenvalue weighted by molar-refractivity contribution is -0.192. The molecule has 0 bridgehead atoms. The van der Waals surface area contributed by atoms with Crippen molar-refractivity contribution in [2.24, 2.45) is 11.7 Å². The average molecular weight is 252 g/mol. The molecule has 0 heterocycles. The van der Waals surface area contributed by atoms with Crippen molar-refractivity contribution in [3.05, 3.63) is 0 Å². The molecule has 4 nitrogen and oxygen atoms in total. The zero-order valence-electron chi connectivity index (χ0n) is 9.20. The van der Waals surface area contributed by atoms with E-state index < -0.39 is 12.1 Å². The fraction of sp³-hybridized carbons (Fsp3) is 0.800. The minimum atomic E-state index is -5.08. The number of hydrogen-bond acceptors (Lipinski definition) is 3. The van der Waals surface area contributed by atoms with Crippen LogP contribution in [0.5, 0.6) is 0 Å². The topological polar surface area (TPSA) is 87.1 Å². The van der Waals surface area contributed by atoms with Gasteiger partial charge in [-0.3, -0.25) is 0 Å². The molecule has 0 aromatic heterocycles. The highest BCUT2D eigenvalue weighted by atomic mass is 19.4. The largest absolute Gasteiger partial charge is 0.490 e. The number of nitrogens with two attached hydrogens (primary N) is 1. The van der Waals surface area contributed by atoms with Crippen LogP contribution in [0.3, 0.4) is 0 Å². The van der Waals surface area contributed by atoms with Gasteiger partial charge in [0.05, 0.1) is 6.07 Å². The van der Waals surface area contributed by atoms with Gasteiger partial charge in [-0.2, -0.15) is 18.4 Å². The zero-order valence-corrected chi connectivity index (χ0v) is 9.20. The van der Waals surface area contributed by atoms with Gasteiger partial charge in [-0.25, -0.2) is 4.79 Å². The molecule has 0 aliphatic heterocycles. The fourth-order valence-electron chi connectivity index (χ4n) is 1.52. The monoisotopic (exact) mass is 252 g/mol. The molecule has 17 heavy (non-hydrogen) atoms. The summed E-state index contributed by atoms with van der Waals surface area (Å²) in [7, 11) is 0. The molecule has 0 amide bonds. The summed E-state index contributed by atoms with van der Waals surface area (Å²) >= 11 is 0. The van der Waals surface area contributed by atoms with E-state index in [0.29, 0.717) is 12.0 Å². The molecule has 0 atom stereocenters. The highest BCUT2D eigenvalue weighted by Crippen LogP contribution is 2.25. The molecule has 0 spiro atoms. The summed E-state index contributed by atoms with van der Waals surface area (Å²) in [5, 5.41) is 15.5. The van der Waals surface area contributed by atoms with Crippen LogP contribution < -0.4 is 5.73 Å². The third-order valence-corrected chi connectivity index (χ3v) is 2.51. The summed E-state index contributed by atoms with van der Waals surface area (Å²) in [4.78, 5) is 8.90. The van der Waals surface area contributed by atoms with Crippen LogP contribution in [-0.2, 0) is 4.79 Å². The summed E-state index contributed by atoms with van der Waals surface area (Å²) < 4.78 is 31.7. The Bertz CT molecular complexity index is 278. The summed E-state index contributed by atoms with van der Waals surface area (Å²) in [6.45, 7) is 0. The van der Waals surface area contributed by atoms with Gasteiger partial charge in [-0.15, -0.1) is 0 Å². The van der Waals surface area contributed by atoms with Crippen LogP contribution in [-0.4, -0.2) is 23.3 Å². The first-order valence-electron chi connectivity index (χ1n) is 5.20. The summed E-state index contributed by atoms with van der Waals surface area (Å²) in [6.07, 6.45) is 0.203. The highest BCUT2D eigenvalue weighted by molar-refractivity contribution is 5.73. The molecule has 0 aromatic carbocycles. The molecule has 0 unspecified atom stereocenters. The van der Waals surface area contributed by atoms with Crippen LogP contribution in [0.2, 0.25) is 0 Å². The van der Waals surface area contributed by atoms with Gasteiger partial charge in [-0.1, -0.05) is 0 Å². The molecule has 1 aliphatic carbocycles. The second kappa shape index (κ2) is 7.12. The van der Waals surface area contributed by atoms with Crippen LogP contribution in [0.15, 0.2) is 0 Å². The SMILES string of the molecule is N#CC[C@H]1CC[C@H](N)CC1.O=C(O)C(F)(F)F. The summed E-state index contributed by atoms with van der Waals surface area (Å²) in [6, 6.07) is 2.62. The lowest BCUT2D eigenvalue weighted by Gasteiger charge is -2.23. The first-order valence-corrected chi connectivity index (χ1v) is 5.20. The van der Waals surface area contributed by atoms with Gasteiger partial charge >= 0.3 is 12.1 Å². The van der Waals surface area contributed by atoms with Gasteiger partial charge in [0.2, 0.25) is 0 Å². The highest BCUT2D eigenvalue weighted by Gasteiger charge is 2.38. The number of aliphatic carboxylic acids is 1. The molecular formula is C10H15F3N2O2. The van der Waals surface area contributed by atoms with Gasteiger partial charge in [0.25, 0.3) is 0 Å². The fourth-order valence-corrected chi connectivity index (χ4v) is 1.52. The summed E-state index contributed by atoms with van der Waals surface area (Å²) in [5.74, 6) is -2.11. The molecule has 1 saturated carbocycles. The lowest BCUT2D eigenvalue weighted by atomic mass is 9.85. The van der Waals surface area contributed by atoms with Crippen molar-refractivity contribution in [3.63, 3.8) is 0 Å². The number of carboxylic acids is 1. The van der Waals surface area contributed by atoms with E-state index in [4.69, 9.17) is 20.9 Å². The number of nitrogens with zero attached hydrogens (tertiary/aromatic N) is 1. The van der Waals surface area contributed by atoms with E-state index in [1.807, 2.05) is 0 Å². The predicted octanol–water partition coefficient (Wildman–Crippen LogP) is 2.05. The number of halogens is 3. The summed E-state index contributed by atoms with van der Waals surface area (Å²) in [5.41, 5.74) is 5.71. The quantitative estimate of drug-likeness (QED) is 0.747. The van der Waals surface area contributed by atoms with Crippen LogP contribution >= 0.6 is 0 Å². The number of rotatable bonds is 1. The van der Waals surface area contributed by atoms with E-state index in [1.165, 1.54) is 0 Å². The number of carboxylic acid groups (broad SMARTS) is 1. The first-order chi connectivity index (χ1) is 7.77. The van der Waals surface area contributed by atoms with Crippen molar-refractivity contribution in [1.29, 1.82) is 5.26 Å². The maximum Gasteiger partial charge on any atom is 0.490 e. The van der Waals surface area contributed by atoms with Crippen molar-refractivity contribution in [3.8, 4) is 6.07 Å². The van der Waals surface area contributed by atoms with Gasteiger partial charge in [0, 0.05) is 12.5 Å². The molecule has 98 valence electrons. The Hall–Kier alpha value is -1.29. The Morgan fingerprint density at radius 2 is 1.76 bits per heavy atom.